The van der Waals surface area contributed by atoms with Crippen molar-refractivity contribution in [1.82, 2.24) is 0 Å². The van der Waals surface area contributed by atoms with Gasteiger partial charge in [0.1, 0.15) is 6.10 Å². The molecule has 1 aliphatic rings. The van der Waals surface area contributed by atoms with E-state index in [2.05, 4.69) is 25.2 Å². The second kappa shape index (κ2) is 13.0. The fraction of sp³-hybridized carbons (Fsp3) is 0.650. The summed E-state index contributed by atoms with van der Waals surface area (Å²) in [5.74, 6) is -0.732. The fourth-order valence-corrected chi connectivity index (χ4v) is 2.44. The summed E-state index contributed by atoms with van der Waals surface area (Å²) in [5.41, 5.74) is 0. The molecule has 1 fully saturated rings. The Morgan fingerprint density at radius 2 is 1.96 bits per heavy atom. The largest absolute Gasteiger partial charge is 0.481 e. The first kappa shape index (κ1) is 20.7. The van der Waals surface area contributed by atoms with Crippen LogP contribution in [0.4, 0.5) is 0 Å². The van der Waals surface area contributed by atoms with Gasteiger partial charge in [-0.25, -0.2) is 0 Å². The van der Waals surface area contributed by atoms with Crippen molar-refractivity contribution in [2.75, 3.05) is 0 Å². The minimum atomic E-state index is -0.732. The molecule has 0 aromatic heterocycles. The Kier molecular flexibility index (Phi) is 11.2. The number of ether oxygens (including phenoxy) is 1. The lowest BCUT2D eigenvalue weighted by atomic mass is 10.1. The van der Waals surface area contributed by atoms with Crippen LogP contribution < -0.4 is 0 Å². The van der Waals surface area contributed by atoms with Gasteiger partial charge >= 0.3 is 5.97 Å². The van der Waals surface area contributed by atoms with E-state index in [-0.39, 0.29) is 24.7 Å². The predicted octanol–water partition coefficient (Wildman–Crippen LogP) is 4.40. The van der Waals surface area contributed by atoms with E-state index in [4.69, 9.17) is 9.84 Å². The molecular formula is C20H32O4. The summed E-state index contributed by atoms with van der Waals surface area (Å²) in [7, 11) is 0. The molecule has 0 aromatic rings. The van der Waals surface area contributed by atoms with Gasteiger partial charge in [0.15, 0.2) is 0 Å². The van der Waals surface area contributed by atoms with E-state index in [0.29, 0.717) is 6.42 Å². The van der Waals surface area contributed by atoms with E-state index in [1.54, 1.807) is 0 Å². The van der Waals surface area contributed by atoms with E-state index in [9.17, 15) is 9.90 Å². The Bertz CT molecular complexity index is 425. The van der Waals surface area contributed by atoms with Crippen molar-refractivity contribution in [1.29, 1.82) is 0 Å². The molecule has 4 nitrogen and oxygen atoms in total. The summed E-state index contributed by atoms with van der Waals surface area (Å²) in [5, 5.41) is 18.3. The van der Waals surface area contributed by atoms with Crippen molar-refractivity contribution >= 4 is 5.97 Å². The normalized spacial score (nSPS) is 21.9. The van der Waals surface area contributed by atoms with Gasteiger partial charge in [-0.1, -0.05) is 62.6 Å². The Morgan fingerprint density at radius 1 is 1.17 bits per heavy atom. The van der Waals surface area contributed by atoms with Crippen LogP contribution in [0.25, 0.3) is 0 Å². The Labute approximate surface area is 145 Å². The van der Waals surface area contributed by atoms with Crippen molar-refractivity contribution in [3.63, 3.8) is 0 Å². The predicted molar refractivity (Wildman–Crippen MR) is 97.0 cm³/mol. The quantitative estimate of drug-likeness (QED) is 0.280. The molecule has 24 heavy (non-hydrogen) atoms. The Hall–Kier alpha value is -1.39. The van der Waals surface area contributed by atoms with Crippen molar-refractivity contribution in [2.24, 2.45) is 0 Å². The van der Waals surface area contributed by atoms with E-state index in [0.717, 1.165) is 32.1 Å². The van der Waals surface area contributed by atoms with Crippen LogP contribution in [0.2, 0.25) is 0 Å². The topological polar surface area (TPSA) is 70.1 Å². The van der Waals surface area contributed by atoms with Gasteiger partial charge in [0.25, 0.3) is 0 Å². The third-order valence-electron chi connectivity index (χ3n) is 3.98. The molecule has 2 N–H and O–H groups in total. The standard InChI is InChI=1S/C20H32O4/c1-2-3-9-12-17(21)15-16-19-18(24-19)13-10-7-5-4-6-8-11-14-20(22)23/h4,6-7,10,15-19,21H,2-3,5,8-9,11-14H2,1H3,(H,22,23)/b6-4-,10-7-,16-15+/t17-,18-,19-/m0/s1. The molecule has 4 heteroatoms. The van der Waals surface area contributed by atoms with Gasteiger partial charge in [-0.2, -0.15) is 0 Å². The highest BCUT2D eigenvalue weighted by molar-refractivity contribution is 5.66. The van der Waals surface area contributed by atoms with Crippen molar-refractivity contribution in [2.45, 2.75) is 83.0 Å². The maximum atomic E-state index is 10.3. The average Bonchev–Trinajstić information content (AvgIpc) is 3.30. The lowest BCUT2D eigenvalue weighted by Crippen LogP contribution is -2.02. The van der Waals surface area contributed by atoms with Gasteiger partial charge < -0.3 is 14.9 Å². The number of hydrogen-bond donors (Lipinski definition) is 2. The maximum absolute atomic E-state index is 10.3. The second-order valence-electron chi connectivity index (χ2n) is 6.29. The average molecular weight is 336 g/mol. The summed E-state index contributed by atoms with van der Waals surface area (Å²) < 4.78 is 5.55. The molecule has 1 aliphatic heterocycles. The molecule has 136 valence electrons. The fourth-order valence-electron chi connectivity index (χ4n) is 2.44. The molecule has 3 atom stereocenters. The summed E-state index contributed by atoms with van der Waals surface area (Å²) >= 11 is 0. The van der Waals surface area contributed by atoms with Gasteiger partial charge in [-0.05, 0) is 32.1 Å². The number of hydrogen-bond acceptors (Lipinski definition) is 3. The van der Waals surface area contributed by atoms with Gasteiger partial charge in [-0.15, -0.1) is 0 Å². The summed E-state index contributed by atoms with van der Waals surface area (Å²) in [6.07, 6.45) is 20.0. The number of rotatable bonds is 14. The zero-order valence-corrected chi connectivity index (χ0v) is 14.8. The van der Waals surface area contributed by atoms with Crippen molar-refractivity contribution in [3.8, 4) is 0 Å². The monoisotopic (exact) mass is 336 g/mol. The molecule has 0 bridgehead atoms. The molecule has 1 rings (SSSR count). The van der Waals surface area contributed by atoms with Crippen LogP contribution in [0.3, 0.4) is 0 Å². The zero-order valence-electron chi connectivity index (χ0n) is 14.8. The number of allylic oxidation sites excluding steroid dienone is 3. The van der Waals surface area contributed by atoms with Crippen LogP contribution in [0, 0.1) is 0 Å². The number of carboxylic acids is 1. The van der Waals surface area contributed by atoms with Crippen LogP contribution in [-0.2, 0) is 9.53 Å². The van der Waals surface area contributed by atoms with Crippen molar-refractivity contribution < 1.29 is 19.7 Å². The Balaban J connectivity index is 2.01. The van der Waals surface area contributed by atoms with E-state index in [1.165, 1.54) is 12.8 Å². The summed E-state index contributed by atoms with van der Waals surface area (Å²) in [6.45, 7) is 2.16. The van der Waals surface area contributed by atoms with Crippen LogP contribution >= 0.6 is 0 Å². The SMILES string of the molecule is CCCCC[C@H](O)/C=C/[C@@H]1O[C@H]1C/C=C\C/C=C\CCCC(=O)O. The molecule has 0 unspecified atom stereocenters. The number of carbonyl (C=O) groups is 1. The van der Waals surface area contributed by atoms with Gasteiger partial charge in [0.05, 0.1) is 12.2 Å². The maximum Gasteiger partial charge on any atom is 0.303 e. The first-order valence-corrected chi connectivity index (χ1v) is 9.17. The number of unbranched alkanes of at least 4 members (excludes halogenated alkanes) is 3. The molecule has 0 radical (unpaired) electrons. The lowest BCUT2D eigenvalue weighted by molar-refractivity contribution is -0.137. The molecule has 0 saturated carbocycles. The third-order valence-corrected chi connectivity index (χ3v) is 3.98. The van der Waals surface area contributed by atoms with Crippen LogP contribution in [0.1, 0.15) is 64.7 Å². The minimum absolute atomic E-state index is 0.155. The molecule has 0 spiro atoms. The van der Waals surface area contributed by atoms with Crippen LogP contribution in [0.5, 0.6) is 0 Å². The smallest absolute Gasteiger partial charge is 0.303 e. The zero-order chi connectivity index (χ0) is 17.6. The number of aliphatic hydroxyl groups is 1. The highest BCUT2D eigenvalue weighted by Crippen LogP contribution is 2.27. The Morgan fingerprint density at radius 3 is 2.71 bits per heavy atom. The second-order valence-corrected chi connectivity index (χ2v) is 6.29. The van der Waals surface area contributed by atoms with Crippen molar-refractivity contribution in [3.05, 3.63) is 36.5 Å². The van der Waals surface area contributed by atoms with E-state index < -0.39 is 5.97 Å². The minimum Gasteiger partial charge on any atom is -0.481 e. The lowest BCUT2D eigenvalue weighted by Gasteiger charge is -2.03. The van der Waals surface area contributed by atoms with E-state index >= 15 is 0 Å². The third kappa shape index (κ3) is 11.2. The molecule has 0 aromatic carbocycles. The molecular weight excluding hydrogens is 304 g/mol. The first-order valence-electron chi connectivity index (χ1n) is 9.17. The molecule has 1 saturated heterocycles. The number of epoxide rings is 1. The van der Waals surface area contributed by atoms with Crippen LogP contribution in [-0.4, -0.2) is 34.5 Å². The summed E-state index contributed by atoms with van der Waals surface area (Å²) in [6, 6.07) is 0. The van der Waals surface area contributed by atoms with Gasteiger partial charge in [0.2, 0.25) is 0 Å². The molecule has 0 aliphatic carbocycles. The van der Waals surface area contributed by atoms with Crippen LogP contribution in [0.15, 0.2) is 36.5 Å². The number of aliphatic hydroxyl groups excluding tert-OH is 1. The highest BCUT2D eigenvalue weighted by atomic mass is 16.6. The number of aliphatic carboxylic acids is 1. The van der Waals surface area contributed by atoms with E-state index in [1.807, 2.05) is 18.2 Å². The molecule has 0 amide bonds. The molecule has 1 heterocycles. The summed E-state index contributed by atoms with van der Waals surface area (Å²) in [4.78, 5) is 10.3. The van der Waals surface area contributed by atoms with Gasteiger partial charge in [0, 0.05) is 6.42 Å². The highest BCUT2D eigenvalue weighted by Gasteiger charge is 2.34. The number of carboxylic acid groups (broad SMARTS) is 1. The first-order chi connectivity index (χ1) is 11.6. The van der Waals surface area contributed by atoms with Gasteiger partial charge in [-0.3, -0.25) is 4.79 Å².